The molecule has 0 aliphatic carbocycles. The van der Waals surface area contributed by atoms with Gasteiger partial charge in [-0.2, -0.15) is 26.3 Å². The Morgan fingerprint density at radius 3 is 1.68 bits per heavy atom. The molecule has 1 aromatic rings. The zero-order valence-corrected chi connectivity index (χ0v) is 9.84. The molecule has 124 valence electrons. The second-order valence-electron chi connectivity index (χ2n) is 3.83. The summed E-state index contributed by atoms with van der Waals surface area (Å²) in [4.78, 5) is 11.0. The monoisotopic (exact) mass is 343 g/mol. The number of rotatable bonds is 2. The fraction of sp³-hybridized carbons (Fsp3) is 0.300. The summed E-state index contributed by atoms with van der Waals surface area (Å²) in [6.45, 7) is 0. The van der Waals surface area contributed by atoms with E-state index in [2.05, 4.69) is 0 Å². The maximum absolute atomic E-state index is 13.2. The molecule has 1 rings (SSSR count). The lowest BCUT2D eigenvalue weighted by atomic mass is 10.0. The SMILES string of the molecule is O=C(Nc1ccc(F)c(F)c1F)C(F)(C(F)(F)F)C(F)(F)F. The lowest BCUT2D eigenvalue weighted by Gasteiger charge is -2.28. The summed E-state index contributed by atoms with van der Waals surface area (Å²) in [7, 11) is 0. The van der Waals surface area contributed by atoms with Crippen LogP contribution in [0.4, 0.5) is 49.6 Å². The molecule has 0 saturated carbocycles. The van der Waals surface area contributed by atoms with Gasteiger partial charge in [-0.3, -0.25) is 4.79 Å². The van der Waals surface area contributed by atoms with Gasteiger partial charge in [0, 0.05) is 0 Å². The number of amides is 1. The van der Waals surface area contributed by atoms with Gasteiger partial charge in [-0.05, 0) is 12.1 Å². The molecular weight excluding hydrogens is 340 g/mol. The molecular formula is C10H3F10NO. The van der Waals surface area contributed by atoms with Gasteiger partial charge in [0.2, 0.25) is 0 Å². The molecule has 0 aliphatic rings. The van der Waals surface area contributed by atoms with Crippen molar-refractivity contribution >= 4 is 11.6 Å². The van der Waals surface area contributed by atoms with Crippen molar-refractivity contribution in [3.63, 3.8) is 0 Å². The molecule has 0 saturated heterocycles. The molecule has 1 N–H and O–H groups in total. The van der Waals surface area contributed by atoms with Gasteiger partial charge >= 0.3 is 18.0 Å². The quantitative estimate of drug-likeness (QED) is 0.641. The van der Waals surface area contributed by atoms with Gasteiger partial charge in [-0.15, -0.1) is 0 Å². The van der Waals surface area contributed by atoms with E-state index in [1.54, 1.807) is 0 Å². The molecule has 12 heteroatoms. The van der Waals surface area contributed by atoms with E-state index in [0.29, 0.717) is 5.32 Å². The number of nitrogens with one attached hydrogen (secondary N) is 1. The summed E-state index contributed by atoms with van der Waals surface area (Å²) in [5, 5.41) is 0.596. The van der Waals surface area contributed by atoms with Crippen molar-refractivity contribution < 1.29 is 48.7 Å². The maximum atomic E-state index is 13.2. The normalized spacial score (nSPS) is 13.2. The number of anilines is 1. The molecule has 0 bridgehead atoms. The molecule has 0 aliphatic heterocycles. The molecule has 0 fully saturated rings. The van der Waals surface area contributed by atoms with Crippen LogP contribution >= 0.6 is 0 Å². The van der Waals surface area contributed by atoms with Gasteiger partial charge in [-0.1, -0.05) is 0 Å². The average Bonchev–Trinajstić information content (AvgIpc) is 2.35. The van der Waals surface area contributed by atoms with E-state index in [-0.39, 0.29) is 12.1 Å². The summed E-state index contributed by atoms with van der Waals surface area (Å²) >= 11 is 0. The van der Waals surface area contributed by atoms with E-state index in [9.17, 15) is 48.7 Å². The Balaban J connectivity index is 3.28. The molecule has 0 radical (unpaired) electrons. The van der Waals surface area contributed by atoms with Gasteiger partial charge in [0.15, 0.2) is 17.5 Å². The third kappa shape index (κ3) is 2.81. The third-order valence-corrected chi connectivity index (χ3v) is 2.38. The number of alkyl halides is 7. The van der Waals surface area contributed by atoms with Crippen LogP contribution in [0.2, 0.25) is 0 Å². The number of carbonyl (C=O) groups is 1. The highest BCUT2D eigenvalue weighted by molar-refractivity contribution is 5.98. The van der Waals surface area contributed by atoms with Crippen LogP contribution in [0, 0.1) is 17.5 Å². The van der Waals surface area contributed by atoms with Crippen LogP contribution < -0.4 is 5.32 Å². The predicted octanol–water partition coefficient (Wildman–Crippen LogP) is 3.88. The number of halogens is 10. The molecule has 0 spiro atoms. The van der Waals surface area contributed by atoms with Crippen LogP contribution in [0.3, 0.4) is 0 Å². The fourth-order valence-electron chi connectivity index (χ4n) is 1.25. The third-order valence-electron chi connectivity index (χ3n) is 2.38. The van der Waals surface area contributed by atoms with Crippen LogP contribution in [0.15, 0.2) is 12.1 Å². The highest BCUT2D eigenvalue weighted by Gasteiger charge is 2.77. The molecule has 0 aromatic heterocycles. The molecule has 0 unspecified atom stereocenters. The topological polar surface area (TPSA) is 29.1 Å². The summed E-state index contributed by atoms with van der Waals surface area (Å²) in [6, 6.07) is 0.230. The van der Waals surface area contributed by atoms with Gasteiger partial charge in [-0.25, -0.2) is 17.6 Å². The Kier molecular flexibility index (Phi) is 4.36. The standard InChI is InChI=1S/C10H3F10NO/c11-3-1-2-4(6(13)5(3)12)21-7(22)8(14,9(15,16)17)10(18,19)20/h1-2H,(H,21,22). The fourth-order valence-corrected chi connectivity index (χ4v) is 1.25. The van der Waals surface area contributed by atoms with E-state index in [1.165, 1.54) is 0 Å². The maximum Gasteiger partial charge on any atom is 0.441 e. The highest BCUT2D eigenvalue weighted by atomic mass is 19.4. The minimum absolute atomic E-state index is 0.106. The van der Waals surface area contributed by atoms with Gasteiger partial charge in [0.1, 0.15) is 0 Å². The molecule has 0 heterocycles. The van der Waals surface area contributed by atoms with E-state index in [0.717, 1.165) is 0 Å². The highest BCUT2D eigenvalue weighted by Crippen LogP contribution is 2.46. The second kappa shape index (κ2) is 5.32. The minimum atomic E-state index is -6.72. The van der Waals surface area contributed by atoms with Crippen molar-refractivity contribution in [2.75, 3.05) is 5.32 Å². The largest absolute Gasteiger partial charge is 0.441 e. The van der Waals surface area contributed by atoms with E-state index >= 15 is 0 Å². The molecule has 1 amide bonds. The number of hydrogen-bond acceptors (Lipinski definition) is 1. The molecule has 2 nitrogen and oxygen atoms in total. The Morgan fingerprint density at radius 2 is 1.27 bits per heavy atom. The first-order valence-corrected chi connectivity index (χ1v) is 5.00. The first kappa shape index (κ1) is 18.0. The molecule has 1 aromatic carbocycles. The van der Waals surface area contributed by atoms with E-state index in [1.807, 2.05) is 0 Å². The molecule has 0 atom stereocenters. The van der Waals surface area contributed by atoms with Crippen molar-refractivity contribution in [2.45, 2.75) is 18.0 Å². The Morgan fingerprint density at radius 1 is 0.818 bits per heavy atom. The summed E-state index contributed by atoms with van der Waals surface area (Å²) < 4.78 is 125. The number of benzene rings is 1. The Hall–Kier alpha value is -2.01. The zero-order valence-electron chi connectivity index (χ0n) is 9.84. The van der Waals surface area contributed by atoms with Crippen LogP contribution in [0.25, 0.3) is 0 Å². The number of hydrogen-bond donors (Lipinski definition) is 1. The second-order valence-corrected chi connectivity index (χ2v) is 3.83. The van der Waals surface area contributed by atoms with Crippen molar-refractivity contribution in [3.8, 4) is 0 Å². The smallest absolute Gasteiger partial charge is 0.320 e. The van der Waals surface area contributed by atoms with Crippen molar-refractivity contribution in [2.24, 2.45) is 0 Å². The summed E-state index contributed by atoms with van der Waals surface area (Å²) in [6.07, 6.45) is -13.4. The van der Waals surface area contributed by atoms with E-state index < -0.39 is 47.1 Å². The van der Waals surface area contributed by atoms with Crippen molar-refractivity contribution in [1.82, 2.24) is 0 Å². The van der Waals surface area contributed by atoms with E-state index in [4.69, 9.17) is 0 Å². The van der Waals surface area contributed by atoms with Crippen molar-refractivity contribution in [3.05, 3.63) is 29.6 Å². The van der Waals surface area contributed by atoms with Crippen LogP contribution in [0.1, 0.15) is 0 Å². The zero-order chi connectivity index (χ0) is 17.5. The van der Waals surface area contributed by atoms with Crippen LogP contribution in [-0.2, 0) is 4.79 Å². The Labute approximate surface area is 114 Å². The predicted molar refractivity (Wildman–Crippen MR) is 50.9 cm³/mol. The van der Waals surface area contributed by atoms with Crippen molar-refractivity contribution in [1.29, 1.82) is 0 Å². The average molecular weight is 343 g/mol. The minimum Gasteiger partial charge on any atom is -0.320 e. The first-order chi connectivity index (χ1) is 9.73. The lowest BCUT2D eigenvalue weighted by Crippen LogP contribution is -2.61. The summed E-state index contributed by atoms with van der Waals surface area (Å²) in [5.41, 5.74) is -7.96. The molecule has 22 heavy (non-hydrogen) atoms. The lowest BCUT2D eigenvalue weighted by molar-refractivity contribution is -0.324. The number of carbonyl (C=O) groups excluding carboxylic acids is 1. The van der Waals surface area contributed by atoms with Gasteiger partial charge in [0.05, 0.1) is 5.69 Å². The van der Waals surface area contributed by atoms with Crippen LogP contribution in [-0.4, -0.2) is 23.9 Å². The summed E-state index contributed by atoms with van der Waals surface area (Å²) in [5.74, 6) is -9.74. The first-order valence-electron chi connectivity index (χ1n) is 5.00. The Bertz CT molecular complexity index is 577. The van der Waals surface area contributed by atoms with Crippen LogP contribution in [0.5, 0.6) is 0 Å². The van der Waals surface area contributed by atoms with Gasteiger partial charge < -0.3 is 5.32 Å². The van der Waals surface area contributed by atoms with Gasteiger partial charge in [0.25, 0.3) is 5.91 Å².